The third-order valence-corrected chi connectivity index (χ3v) is 5.64. The number of carbonyl (C=O) groups is 1. The smallest absolute Gasteiger partial charge is 0.255 e. The standard InChI is InChI=1S/C14H17N3O3S/c1-2-17(12-5-8-21(19,20)10-12)14(18)11-3-4-13-15-6-7-16(13)9-11/h3-4,6-7,9,12H,2,5,8,10H2,1H3. The number of hydrogen-bond donors (Lipinski definition) is 0. The summed E-state index contributed by atoms with van der Waals surface area (Å²) in [5.41, 5.74) is 1.32. The molecule has 0 bridgehead atoms. The number of nitrogens with zero attached hydrogens (tertiary/aromatic N) is 3. The Hall–Kier alpha value is -1.89. The molecule has 112 valence electrons. The first-order valence-corrected chi connectivity index (χ1v) is 8.76. The Morgan fingerprint density at radius 3 is 2.95 bits per heavy atom. The van der Waals surface area contributed by atoms with E-state index in [4.69, 9.17) is 0 Å². The lowest BCUT2D eigenvalue weighted by Crippen LogP contribution is -2.41. The van der Waals surface area contributed by atoms with Crippen molar-refractivity contribution < 1.29 is 13.2 Å². The van der Waals surface area contributed by atoms with Crippen LogP contribution in [0.25, 0.3) is 5.65 Å². The molecule has 1 saturated heterocycles. The van der Waals surface area contributed by atoms with Crippen molar-refractivity contribution in [3.05, 3.63) is 36.3 Å². The molecule has 6 nitrogen and oxygen atoms in total. The number of imidazole rings is 1. The van der Waals surface area contributed by atoms with Gasteiger partial charge in [-0.3, -0.25) is 4.79 Å². The lowest BCUT2D eigenvalue weighted by Gasteiger charge is -2.26. The van der Waals surface area contributed by atoms with E-state index in [1.54, 1.807) is 40.0 Å². The van der Waals surface area contributed by atoms with E-state index in [-0.39, 0.29) is 23.5 Å². The highest BCUT2D eigenvalue weighted by Crippen LogP contribution is 2.20. The Morgan fingerprint density at radius 1 is 1.48 bits per heavy atom. The number of aromatic nitrogens is 2. The molecule has 0 aliphatic carbocycles. The lowest BCUT2D eigenvalue weighted by atomic mass is 10.1. The zero-order chi connectivity index (χ0) is 15.0. The zero-order valence-corrected chi connectivity index (χ0v) is 12.6. The number of carbonyl (C=O) groups excluding carboxylic acids is 1. The van der Waals surface area contributed by atoms with E-state index >= 15 is 0 Å². The molecular weight excluding hydrogens is 290 g/mol. The summed E-state index contributed by atoms with van der Waals surface area (Å²) in [5.74, 6) is 0.109. The van der Waals surface area contributed by atoms with Crippen LogP contribution in [0.2, 0.25) is 0 Å². The van der Waals surface area contributed by atoms with Gasteiger partial charge in [-0.05, 0) is 25.5 Å². The fourth-order valence-electron chi connectivity index (χ4n) is 2.80. The largest absolute Gasteiger partial charge is 0.335 e. The van der Waals surface area contributed by atoms with E-state index in [1.165, 1.54) is 0 Å². The minimum Gasteiger partial charge on any atom is -0.335 e. The van der Waals surface area contributed by atoms with Crippen LogP contribution in [0.5, 0.6) is 0 Å². The molecule has 0 radical (unpaired) electrons. The van der Waals surface area contributed by atoms with Crippen molar-refractivity contribution >= 4 is 21.4 Å². The predicted molar refractivity (Wildman–Crippen MR) is 79.0 cm³/mol. The summed E-state index contributed by atoms with van der Waals surface area (Å²) in [5, 5.41) is 0. The van der Waals surface area contributed by atoms with Crippen LogP contribution in [0, 0.1) is 0 Å². The van der Waals surface area contributed by atoms with Gasteiger partial charge in [0.1, 0.15) is 5.65 Å². The second kappa shape index (κ2) is 5.14. The molecule has 0 N–H and O–H groups in total. The van der Waals surface area contributed by atoms with E-state index in [0.29, 0.717) is 18.5 Å². The highest BCUT2D eigenvalue weighted by atomic mass is 32.2. The van der Waals surface area contributed by atoms with Crippen molar-refractivity contribution in [1.82, 2.24) is 14.3 Å². The number of pyridine rings is 1. The molecule has 3 heterocycles. The first-order valence-electron chi connectivity index (χ1n) is 6.94. The molecule has 1 atom stereocenters. The maximum atomic E-state index is 12.6. The SMILES string of the molecule is CCN(C(=O)c1ccc2nccn2c1)C1CCS(=O)(=O)C1. The van der Waals surface area contributed by atoms with Crippen molar-refractivity contribution in [3.63, 3.8) is 0 Å². The Labute approximate surface area is 123 Å². The van der Waals surface area contributed by atoms with Gasteiger partial charge in [-0.15, -0.1) is 0 Å². The van der Waals surface area contributed by atoms with E-state index < -0.39 is 9.84 Å². The summed E-state index contributed by atoms with van der Waals surface area (Å²) >= 11 is 0. The monoisotopic (exact) mass is 307 g/mol. The van der Waals surface area contributed by atoms with Gasteiger partial charge in [-0.1, -0.05) is 0 Å². The molecule has 0 spiro atoms. The Kier molecular flexibility index (Phi) is 3.44. The van der Waals surface area contributed by atoms with Crippen LogP contribution in [-0.2, 0) is 9.84 Å². The van der Waals surface area contributed by atoms with Gasteiger partial charge >= 0.3 is 0 Å². The highest BCUT2D eigenvalue weighted by molar-refractivity contribution is 7.91. The van der Waals surface area contributed by atoms with Crippen LogP contribution < -0.4 is 0 Å². The van der Waals surface area contributed by atoms with Gasteiger partial charge in [0.05, 0.1) is 17.1 Å². The summed E-state index contributed by atoms with van der Waals surface area (Å²) in [4.78, 5) is 18.4. The van der Waals surface area contributed by atoms with Crippen LogP contribution >= 0.6 is 0 Å². The van der Waals surface area contributed by atoms with Gasteiger partial charge in [-0.25, -0.2) is 13.4 Å². The normalized spacial score (nSPS) is 20.7. The van der Waals surface area contributed by atoms with Gasteiger partial charge in [0.15, 0.2) is 9.84 Å². The van der Waals surface area contributed by atoms with Crippen molar-refractivity contribution in [2.75, 3.05) is 18.1 Å². The molecule has 3 rings (SSSR count). The summed E-state index contributed by atoms with van der Waals surface area (Å²) in [6, 6.07) is 3.30. The van der Waals surface area contributed by atoms with Crippen LogP contribution in [0.15, 0.2) is 30.7 Å². The van der Waals surface area contributed by atoms with Crippen LogP contribution in [0.1, 0.15) is 23.7 Å². The van der Waals surface area contributed by atoms with Gasteiger partial charge in [-0.2, -0.15) is 0 Å². The molecule has 1 fully saturated rings. The Balaban J connectivity index is 1.88. The van der Waals surface area contributed by atoms with Crippen molar-refractivity contribution in [2.45, 2.75) is 19.4 Å². The first kappa shape index (κ1) is 14.1. The minimum atomic E-state index is -3.00. The van der Waals surface area contributed by atoms with E-state index in [1.807, 2.05) is 6.92 Å². The predicted octanol–water partition coefficient (Wildman–Crippen LogP) is 0.984. The van der Waals surface area contributed by atoms with E-state index in [0.717, 1.165) is 5.65 Å². The highest BCUT2D eigenvalue weighted by Gasteiger charge is 2.34. The molecule has 2 aromatic heterocycles. The number of fused-ring (bicyclic) bond motifs is 1. The lowest BCUT2D eigenvalue weighted by molar-refractivity contribution is 0.0708. The second-order valence-corrected chi connectivity index (χ2v) is 7.49. The van der Waals surface area contributed by atoms with Crippen LogP contribution in [0.4, 0.5) is 0 Å². The molecule has 1 aliphatic heterocycles. The number of hydrogen-bond acceptors (Lipinski definition) is 4. The fraction of sp³-hybridized carbons (Fsp3) is 0.429. The van der Waals surface area contributed by atoms with E-state index in [9.17, 15) is 13.2 Å². The minimum absolute atomic E-state index is 0.0693. The summed E-state index contributed by atoms with van der Waals surface area (Å²) < 4.78 is 25.0. The third kappa shape index (κ3) is 2.65. The summed E-state index contributed by atoms with van der Waals surface area (Å²) in [6.07, 6.45) is 5.71. The maximum Gasteiger partial charge on any atom is 0.255 e. The average molecular weight is 307 g/mol. The second-order valence-electron chi connectivity index (χ2n) is 5.26. The number of rotatable bonds is 3. The molecule has 1 unspecified atom stereocenters. The van der Waals surface area contributed by atoms with Crippen molar-refractivity contribution in [2.24, 2.45) is 0 Å². The number of amides is 1. The molecule has 2 aromatic rings. The topological polar surface area (TPSA) is 71.8 Å². The van der Waals surface area contributed by atoms with Crippen LogP contribution in [0.3, 0.4) is 0 Å². The molecular formula is C14H17N3O3S. The molecule has 1 aliphatic rings. The van der Waals surface area contributed by atoms with Crippen LogP contribution in [-0.4, -0.2) is 52.7 Å². The van der Waals surface area contributed by atoms with Gasteiger partial charge in [0.2, 0.25) is 0 Å². The molecule has 21 heavy (non-hydrogen) atoms. The molecule has 0 aromatic carbocycles. The van der Waals surface area contributed by atoms with Crippen molar-refractivity contribution in [3.8, 4) is 0 Å². The third-order valence-electron chi connectivity index (χ3n) is 3.89. The Bertz CT molecular complexity index is 782. The summed E-state index contributed by atoms with van der Waals surface area (Å²) in [7, 11) is -3.00. The maximum absolute atomic E-state index is 12.6. The average Bonchev–Trinajstić information content (AvgIpc) is 3.05. The van der Waals surface area contributed by atoms with Gasteiger partial charge in [0, 0.05) is 31.2 Å². The van der Waals surface area contributed by atoms with Gasteiger partial charge < -0.3 is 9.30 Å². The first-order chi connectivity index (χ1) is 10.00. The molecule has 1 amide bonds. The molecule has 0 saturated carbocycles. The number of sulfone groups is 1. The van der Waals surface area contributed by atoms with E-state index in [2.05, 4.69) is 4.98 Å². The quantitative estimate of drug-likeness (QED) is 0.847. The molecule has 7 heteroatoms. The van der Waals surface area contributed by atoms with Gasteiger partial charge in [0.25, 0.3) is 5.91 Å². The zero-order valence-electron chi connectivity index (χ0n) is 11.8. The fourth-order valence-corrected chi connectivity index (χ4v) is 4.53. The van der Waals surface area contributed by atoms with Crippen molar-refractivity contribution in [1.29, 1.82) is 0 Å². The Morgan fingerprint density at radius 2 is 2.29 bits per heavy atom. The summed E-state index contributed by atoms with van der Waals surface area (Å²) in [6.45, 7) is 2.37.